The summed E-state index contributed by atoms with van der Waals surface area (Å²) in [6.07, 6.45) is 3.14. The second-order valence-electron chi connectivity index (χ2n) is 9.29. The van der Waals surface area contributed by atoms with Gasteiger partial charge in [0.1, 0.15) is 5.82 Å². The van der Waals surface area contributed by atoms with Crippen LogP contribution in [0.2, 0.25) is 0 Å². The Morgan fingerprint density at radius 3 is 2.62 bits per heavy atom. The van der Waals surface area contributed by atoms with Crippen LogP contribution >= 0.6 is 0 Å². The summed E-state index contributed by atoms with van der Waals surface area (Å²) in [5.41, 5.74) is 1.56. The molecule has 3 heterocycles. The molecule has 0 aliphatic carbocycles. The molecule has 1 unspecified atom stereocenters. The number of halogens is 1. The molecule has 2 saturated heterocycles. The molecular weight excluding hydrogens is 371 g/mol. The highest BCUT2D eigenvalue weighted by Crippen LogP contribution is 2.42. The van der Waals surface area contributed by atoms with Gasteiger partial charge in [-0.1, -0.05) is 32.9 Å². The second-order valence-corrected chi connectivity index (χ2v) is 9.29. The molecule has 0 bridgehead atoms. The van der Waals surface area contributed by atoms with Crippen molar-refractivity contribution in [1.29, 1.82) is 0 Å². The van der Waals surface area contributed by atoms with Gasteiger partial charge in [-0.15, -0.1) is 0 Å². The number of amides is 1. The molecule has 7 heteroatoms. The lowest BCUT2D eigenvalue weighted by Crippen LogP contribution is -2.64. The standard InChI is InChI=1S/C22H29FN4O2/c1-22(2,3)20-18-5-4-11-25(18)14-19(27(20)21(28)29)17-10-12-26(24-17)13-15-6-8-16(23)9-7-15/h6-10,12,18-20H,4-5,11,13-14H2,1-3H3,(H,28,29)/t18-,19+,20?/m1/s1. The Bertz CT molecular complexity index is 874. The van der Waals surface area contributed by atoms with Crippen molar-refractivity contribution in [2.24, 2.45) is 5.41 Å². The van der Waals surface area contributed by atoms with Crippen molar-refractivity contribution >= 4 is 6.09 Å². The van der Waals surface area contributed by atoms with Crippen molar-refractivity contribution in [2.45, 2.75) is 58.3 Å². The Morgan fingerprint density at radius 1 is 1.24 bits per heavy atom. The van der Waals surface area contributed by atoms with E-state index in [1.807, 2.05) is 12.3 Å². The van der Waals surface area contributed by atoms with Gasteiger partial charge >= 0.3 is 6.09 Å². The molecule has 1 aromatic carbocycles. The Hall–Kier alpha value is -2.41. The Labute approximate surface area is 170 Å². The molecule has 6 nitrogen and oxygen atoms in total. The minimum absolute atomic E-state index is 0.0801. The van der Waals surface area contributed by atoms with E-state index >= 15 is 0 Å². The maximum absolute atomic E-state index is 13.1. The van der Waals surface area contributed by atoms with E-state index < -0.39 is 6.09 Å². The van der Waals surface area contributed by atoms with Crippen LogP contribution < -0.4 is 0 Å². The van der Waals surface area contributed by atoms with E-state index in [2.05, 4.69) is 25.7 Å². The van der Waals surface area contributed by atoms with Gasteiger partial charge < -0.3 is 5.11 Å². The average molecular weight is 400 g/mol. The first kappa shape index (κ1) is 19.9. The van der Waals surface area contributed by atoms with Gasteiger partial charge in [-0.2, -0.15) is 5.10 Å². The molecule has 1 N–H and O–H groups in total. The van der Waals surface area contributed by atoms with E-state index in [4.69, 9.17) is 5.10 Å². The van der Waals surface area contributed by atoms with Gasteiger partial charge in [-0.05, 0) is 48.6 Å². The smallest absolute Gasteiger partial charge is 0.408 e. The summed E-state index contributed by atoms with van der Waals surface area (Å²) in [6, 6.07) is 8.17. The molecule has 3 atom stereocenters. The van der Waals surface area contributed by atoms with Crippen LogP contribution in [0, 0.1) is 11.2 Å². The third-order valence-corrected chi connectivity index (χ3v) is 6.19. The fourth-order valence-electron chi connectivity index (χ4n) is 5.03. The first-order valence-electron chi connectivity index (χ1n) is 10.3. The predicted octanol–water partition coefficient (Wildman–Crippen LogP) is 3.98. The second kappa shape index (κ2) is 7.44. The molecule has 0 radical (unpaired) electrons. The lowest BCUT2D eigenvalue weighted by atomic mass is 9.78. The van der Waals surface area contributed by atoms with Crippen molar-refractivity contribution in [3.05, 3.63) is 53.6 Å². The van der Waals surface area contributed by atoms with Gasteiger partial charge in [0.05, 0.1) is 24.3 Å². The largest absolute Gasteiger partial charge is 0.465 e. The van der Waals surface area contributed by atoms with E-state index in [9.17, 15) is 14.3 Å². The molecule has 4 rings (SSSR count). The van der Waals surface area contributed by atoms with Gasteiger partial charge in [0.15, 0.2) is 0 Å². The van der Waals surface area contributed by atoms with Crippen LogP contribution in [0.1, 0.15) is 50.9 Å². The zero-order chi connectivity index (χ0) is 20.8. The minimum Gasteiger partial charge on any atom is -0.465 e. The van der Waals surface area contributed by atoms with Crippen LogP contribution in [0.3, 0.4) is 0 Å². The maximum atomic E-state index is 13.1. The highest BCUT2D eigenvalue weighted by Gasteiger charge is 2.51. The summed E-state index contributed by atoms with van der Waals surface area (Å²) in [5, 5.41) is 14.8. The van der Waals surface area contributed by atoms with Crippen LogP contribution in [0.25, 0.3) is 0 Å². The monoisotopic (exact) mass is 400 g/mol. The van der Waals surface area contributed by atoms with Gasteiger partial charge in [-0.25, -0.2) is 9.18 Å². The van der Waals surface area contributed by atoms with Gasteiger partial charge in [0.25, 0.3) is 0 Å². The summed E-state index contributed by atoms with van der Waals surface area (Å²) >= 11 is 0. The SMILES string of the molecule is CC(C)(C)C1[C@H]2CCCN2C[C@@H](c2ccn(Cc3ccc(F)cc3)n2)N1C(=O)O. The molecule has 0 spiro atoms. The van der Waals surface area contributed by atoms with Crippen LogP contribution in [0.5, 0.6) is 0 Å². The number of piperazine rings is 1. The molecule has 156 valence electrons. The number of aromatic nitrogens is 2. The van der Waals surface area contributed by atoms with E-state index in [0.717, 1.165) is 30.6 Å². The quantitative estimate of drug-likeness (QED) is 0.846. The fraction of sp³-hybridized carbons (Fsp3) is 0.545. The zero-order valence-corrected chi connectivity index (χ0v) is 17.3. The van der Waals surface area contributed by atoms with Crippen molar-refractivity contribution < 1.29 is 14.3 Å². The average Bonchev–Trinajstić information content (AvgIpc) is 3.30. The van der Waals surface area contributed by atoms with Crippen molar-refractivity contribution in [1.82, 2.24) is 19.6 Å². The molecule has 2 aliphatic heterocycles. The molecule has 1 aromatic heterocycles. The number of carboxylic acid groups (broad SMARTS) is 1. The maximum Gasteiger partial charge on any atom is 0.408 e. The summed E-state index contributed by atoms with van der Waals surface area (Å²) in [7, 11) is 0. The van der Waals surface area contributed by atoms with Gasteiger partial charge in [0.2, 0.25) is 0 Å². The number of benzene rings is 1. The van der Waals surface area contributed by atoms with Crippen molar-refractivity contribution in [3.8, 4) is 0 Å². The van der Waals surface area contributed by atoms with E-state index in [1.165, 1.54) is 12.1 Å². The summed E-state index contributed by atoms with van der Waals surface area (Å²) in [4.78, 5) is 16.4. The number of nitrogens with zero attached hydrogens (tertiary/aromatic N) is 4. The van der Waals surface area contributed by atoms with Crippen molar-refractivity contribution in [3.63, 3.8) is 0 Å². The Balaban J connectivity index is 1.63. The highest BCUT2D eigenvalue weighted by atomic mass is 19.1. The molecule has 2 aromatic rings. The van der Waals surface area contributed by atoms with Crippen LogP contribution in [0.15, 0.2) is 36.5 Å². The topological polar surface area (TPSA) is 61.6 Å². The molecule has 2 aliphatic rings. The molecule has 0 saturated carbocycles. The van der Waals surface area contributed by atoms with Crippen LogP contribution in [0.4, 0.5) is 9.18 Å². The summed E-state index contributed by atoms with van der Waals surface area (Å²) in [5.74, 6) is -0.261. The van der Waals surface area contributed by atoms with Crippen molar-refractivity contribution in [2.75, 3.05) is 13.1 Å². The van der Waals surface area contributed by atoms with E-state index in [0.29, 0.717) is 13.1 Å². The van der Waals surface area contributed by atoms with Gasteiger partial charge in [-0.3, -0.25) is 14.5 Å². The summed E-state index contributed by atoms with van der Waals surface area (Å²) in [6.45, 7) is 8.59. The minimum atomic E-state index is -0.880. The van der Waals surface area contributed by atoms with Crippen LogP contribution in [-0.2, 0) is 6.54 Å². The number of fused-ring (bicyclic) bond motifs is 1. The molecule has 1 amide bonds. The predicted molar refractivity (Wildman–Crippen MR) is 108 cm³/mol. The highest BCUT2D eigenvalue weighted by molar-refractivity contribution is 5.67. The third kappa shape index (κ3) is 3.88. The number of carbonyl (C=O) groups is 1. The normalized spacial score (nSPS) is 25.2. The summed E-state index contributed by atoms with van der Waals surface area (Å²) < 4.78 is 14.9. The zero-order valence-electron chi connectivity index (χ0n) is 17.3. The lowest BCUT2D eigenvalue weighted by molar-refractivity contribution is -0.0392. The number of hydrogen-bond donors (Lipinski definition) is 1. The molecule has 29 heavy (non-hydrogen) atoms. The number of rotatable bonds is 3. The van der Waals surface area contributed by atoms with E-state index in [1.54, 1.807) is 21.7 Å². The molecule has 2 fully saturated rings. The Morgan fingerprint density at radius 2 is 1.97 bits per heavy atom. The van der Waals surface area contributed by atoms with Crippen LogP contribution in [-0.4, -0.2) is 56.0 Å². The lowest BCUT2D eigenvalue weighted by Gasteiger charge is -2.52. The molecular formula is C22H29FN4O2. The Kier molecular flexibility index (Phi) is 5.11. The van der Waals surface area contributed by atoms with Gasteiger partial charge in [0, 0.05) is 18.8 Å². The third-order valence-electron chi connectivity index (χ3n) is 6.19. The number of hydrogen-bond acceptors (Lipinski definition) is 3. The first-order valence-corrected chi connectivity index (χ1v) is 10.3. The van der Waals surface area contributed by atoms with E-state index in [-0.39, 0.29) is 29.4 Å². The first-order chi connectivity index (χ1) is 13.7. The fourth-order valence-corrected chi connectivity index (χ4v) is 5.03.